The minimum atomic E-state index is -2.86. The molecule has 0 amide bonds. The van der Waals surface area contributed by atoms with Gasteiger partial charge >= 0.3 is 0 Å². The fourth-order valence-corrected chi connectivity index (χ4v) is 20.3. The highest BCUT2D eigenvalue weighted by Gasteiger charge is 2.46. The van der Waals surface area contributed by atoms with Crippen LogP contribution in [-0.2, 0) is 0 Å². The average molecular weight is 553 g/mol. The van der Waals surface area contributed by atoms with Crippen LogP contribution in [0.2, 0.25) is 58.9 Å². The lowest BCUT2D eigenvalue weighted by atomic mass is 10.2. The van der Waals surface area contributed by atoms with E-state index in [1.54, 1.807) is 0 Å². The SMILES string of the molecule is Cc1ccc([Si](C)(C)C)c([Si](Cl)(c2cc(C)ccc2[Si](C)(C)C)c2cc(C)ccc2[Si](C)(C)C)c1. The monoisotopic (exact) mass is 552 g/mol. The Morgan fingerprint density at radius 1 is 0.400 bits per heavy atom. The van der Waals surface area contributed by atoms with Crippen molar-refractivity contribution in [3.8, 4) is 0 Å². The summed E-state index contributed by atoms with van der Waals surface area (Å²) < 4.78 is 0. The van der Waals surface area contributed by atoms with Crippen LogP contribution in [0.3, 0.4) is 0 Å². The van der Waals surface area contributed by atoms with Crippen molar-refractivity contribution in [2.45, 2.75) is 79.7 Å². The lowest BCUT2D eigenvalue weighted by Crippen LogP contribution is -2.77. The Bertz CT molecular complexity index is 1090. The predicted molar refractivity (Wildman–Crippen MR) is 173 cm³/mol. The van der Waals surface area contributed by atoms with Crippen LogP contribution < -0.4 is 31.1 Å². The van der Waals surface area contributed by atoms with E-state index in [1.165, 1.54) is 47.8 Å². The first-order chi connectivity index (χ1) is 15.9. The van der Waals surface area contributed by atoms with Crippen LogP contribution in [0, 0.1) is 20.8 Å². The summed E-state index contributed by atoms with van der Waals surface area (Å²) in [6.07, 6.45) is 0. The molecule has 0 fully saturated rings. The second-order valence-corrected chi connectivity index (χ2v) is 33.3. The van der Waals surface area contributed by atoms with E-state index in [4.69, 9.17) is 11.1 Å². The summed E-state index contributed by atoms with van der Waals surface area (Å²) in [7, 11) is -7.83. The number of hydrogen-bond acceptors (Lipinski definition) is 0. The van der Waals surface area contributed by atoms with E-state index in [9.17, 15) is 0 Å². The summed E-state index contributed by atoms with van der Waals surface area (Å²) in [5.74, 6) is 0. The van der Waals surface area contributed by atoms with Crippen molar-refractivity contribution in [1.29, 1.82) is 0 Å². The molecule has 3 rings (SSSR count). The van der Waals surface area contributed by atoms with Crippen molar-refractivity contribution in [3.05, 3.63) is 71.3 Å². The molecule has 3 aromatic carbocycles. The van der Waals surface area contributed by atoms with E-state index >= 15 is 0 Å². The standard InChI is InChI=1S/C30H45ClSi4/c1-22-13-16-25(32(4,5)6)28(19-22)35(31,29-20-23(2)14-17-26(29)33(7,8)9)30-21-24(3)15-18-27(30)34(10,11)12/h13-21H,1-12H3. The molecule has 188 valence electrons. The molecule has 0 saturated heterocycles. The quantitative estimate of drug-likeness (QED) is 0.216. The third-order valence-electron chi connectivity index (χ3n) is 7.06. The van der Waals surface area contributed by atoms with E-state index in [0.29, 0.717) is 0 Å². The lowest BCUT2D eigenvalue weighted by Gasteiger charge is -2.38. The van der Waals surface area contributed by atoms with Crippen LogP contribution in [0.4, 0.5) is 0 Å². The van der Waals surface area contributed by atoms with Crippen LogP contribution in [0.25, 0.3) is 0 Å². The number of aryl methyl sites for hydroxylation is 3. The van der Waals surface area contributed by atoms with Gasteiger partial charge in [-0.1, -0.05) is 146 Å². The predicted octanol–water partition coefficient (Wildman–Crippen LogP) is 5.45. The van der Waals surface area contributed by atoms with Gasteiger partial charge in [0.15, 0.2) is 0 Å². The van der Waals surface area contributed by atoms with Gasteiger partial charge in [-0.3, -0.25) is 0 Å². The molecule has 0 atom stereocenters. The summed E-state index contributed by atoms with van der Waals surface area (Å²) in [5.41, 5.74) is 3.93. The van der Waals surface area contributed by atoms with Crippen molar-refractivity contribution in [2.24, 2.45) is 0 Å². The maximum absolute atomic E-state index is 8.47. The molecule has 0 N–H and O–H groups in total. The maximum atomic E-state index is 8.47. The van der Waals surface area contributed by atoms with Crippen LogP contribution in [-0.4, -0.2) is 31.6 Å². The molecular weight excluding hydrogens is 508 g/mol. The smallest absolute Gasteiger partial charge is 0.149 e. The van der Waals surface area contributed by atoms with Gasteiger partial charge in [0.2, 0.25) is 7.38 Å². The van der Waals surface area contributed by atoms with Gasteiger partial charge in [-0.25, -0.2) is 0 Å². The molecule has 0 aliphatic heterocycles. The molecule has 3 aromatic rings. The van der Waals surface area contributed by atoms with Crippen molar-refractivity contribution in [2.75, 3.05) is 0 Å². The average Bonchev–Trinajstić information content (AvgIpc) is 2.70. The largest absolute Gasteiger partial charge is 0.247 e. The van der Waals surface area contributed by atoms with Gasteiger partial charge in [0.05, 0.1) is 24.2 Å². The number of halogens is 1. The van der Waals surface area contributed by atoms with E-state index in [2.05, 4.69) is 134 Å². The Hall–Kier alpha value is -1.18. The third kappa shape index (κ3) is 5.72. The van der Waals surface area contributed by atoms with Crippen molar-refractivity contribution >= 4 is 73.8 Å². The molecule has 0 aromatic heterocycles. The van der Waals surface area contributed by atoms with Crippen molar-refractivity contribution in [1.82, 2.24) is 0 Å². The molecule has 5 heteroatoms. The first-order valence-electron chi connectivity index (χ1n) is 12.9. The summed E-state index contributed by atoms with van der Waals surface area (Å²) >= 11 is 8.47. The normalized spacial score (nSPS) is 13.3. The molecule has 0 nitrogen and oxygen atoms in total. The number of hydrogen-bond donors (Lipinski definition) is 0. The van der Waals surface area contributed by atoms with E-state index in [-0.39, 0.29) is 0 Å². The third-order valence-corrected chi connectivity index (χ3v) is 19.3. The maximum Gasteiger partial charge on any atom is 0.247 e. The zero-order valence-electron chi connectivity index (χ0n) is 24.1. The van der Waals surface area contributed by atoms with Crippen molar-refractivity contribution in [3.63, 3.8) is 0 Å². The zero-order chi connectivity index (χ0) is 26.6. The second-order valence-electron chi connectivity index (χ2n) is 13.6. The summed E-state index contributed by atoms with van der Waals surface area (Å²) in [6, 6.07) is 21.5. The molecular formula is C30H45ClSi4. The Morgan fingerprint density at radius 2 is 0.629 bits per heavy atom. The van der Waals surface area contributed by atoms with Crippen molar-refractivity contribution < 1.29 is 0 Å². The van der Waals surface area contributed by atoms with Gasteiger partial charge < -0.3 is 0 Å². The first kappa shape index (κ1) is 28.4. The highest BCUT2D eigenvalue weighted by molar-refractivity contribution is 7.43. The van der Waals surface area contributed by atoms with Crippen LogP contribution in [0.15, 0.2) is 54.6 Å². The Morgan fingerprint density at radius 3 is 0.829 bits per heavy atom. The fraction of sp³-hybridized carbons (Fsp3) is 0.400. The van der Waals surface area contributed by atoms with Gasteiger partial charge in [0.1, 0.15) is 0 Å². The Kier molecular flexibility index (Phi) is 7.79. The topological polar surface area (TPSA) is 0 Å². The second kappa shape index (κ2) is 9.60. The molecule has 35 heavy (non-hydrogen) atoms. The summed E-state index contributed by atoms with van der Waals surface area (Å²) in [4.78, 5) is 0. The molecule has 0 unspecified atom stereocenters. The molecule has 0 aliphatic rings. The molecule has 0 bridgehead atoms. The minimum absolute atomic E-state index is 1.31. The van der Waals surface area contributed by atoms with E-state index < -0.39 is 31.6 Å². The Labute approximate surface area is 223 Å². The van der Waals surface area contributed by atoms with Crippen LogP contribution in [0.5, 0.6) is 0 Å². The number of benzene rings is 3. The van der Waals surface area contributed by atoms with E-state index in [0.717, 1.165) is 0 Å². The van der Waals surface area contributed by atoms with Crippen LogP contribution in [0.1, 0.15) is 16.7 Å². The zero-order valence-corrected chi connectivity index (χ0v) is 28.8. The number of rotatable bonds is 6. The van der Waals surface area contributed by atoms with Gasteiger partial charge in [0.25, 0.3) is 0 Å². The summed E-state index contributed by atoms with van der Waals surface area (Å²) in [6.45, 7) is 28.9. The van der Waals surface area contributed by atoms with Gasteiger partial charge in [0, 0.05) is 0 Å². The first-order valence-corrected chi connectivity index (χ1v) is 26.4. The van der Waals surface area contributed by atoms with Gasteiger partial charge in [-0.15, -0.1) is 11.1 Å². The fourth-order valence-electron chi connectivity index (χ4n) is 5.23. The Balaban J connectivity index is 2.65. The van der Waals surface area contributed by atoms with Gasteiger partial charge in [-0.2, -0.15) is 0 Å². The molecule has 0 saturated carbocycles. The van der Waals surface area contributed by atoms with Gasteiger partial charge in [-0.05, 0) is 36.3 Å². The lowest BCUT2D eigenvalue weighted by molar-refractivity contribution is 1.48. The highest BCUT2D eigenvalue weighted by atomic mass is 35.6. The molecule has 0 radical (unpaired) electrons. The highest BCUT2D eigenvalue weighted by Crippen LogP contribution is 2.18. The molecule has 0 aliphatic carbocycles. The van der Waals surface area contributed by atoms with E-state index in [1.807, 2.05) is 0 Å². The van der Waals surface area contributed by atoms with Crippen LogP contribution >= 0.6 is 11.1 Å². The minimum Gasteiger partial charge on any atom is -0.149 e. The molecule has 0 heterocycles. The summed E-state index contributed by atoms with van der Waals surface area (Å²) in [5, 5.41) is 8.89. The molecule has 0 spiro atoms.